The molecule has 1 unspecified atom stereocenters. The predicted molar refractivity (Wildman–Crippen MR) is 68.8 cm³/mol. The Kier molecular flexibility index (Phi) is 5.40. The zero-order valence-corrected chi connectivity index (χ0v) is 11.3. The van der Waals surface area contributed by atoms with Crippen molar-refractivity contribution in [2.45, 2.75) is 58.0 Å². The molecule has 1 atom stereocenters. The number of hydrogen-bond donors (Lipinski definition) is 2. The molecule has 1 aliphatic rings. The molecule has 0 bridgehead atoms. The van der Waals surface area contributed by atoms with Crippen LogP contribution in [0.5, 0.6) is 0 Å². The van der Waals surface area contributed by atoms with E-state index in [0.29, 0.717) is 12.6 Å². The molecule has 0 radical (unpaired) electrons. The number of aliphatic hydroxyl groups is 1. The van der Waals surface area contributed by atoms with Crippen LogP contribution >= 0.6 is 0 Å². The quantitative estimate of drug-likeness (QED) is 0.760. The third-order valence-corrected chi connectivity index (χ3v) is 3.06. The van der Waals surface area contributed by atoms with E-state index >= 15 is 0 Å². The first-order valence-corrected chi connectivity index (χ1v) is 6.58. The van der Waals surface area contributed by atoms with Gasteiger partial charge in [0.15, 0.2) is 0 Å². The maximum Gasteiger partial charge on any atom is 0.234 e. The van der Waals surface area contributed by atoms with E-state index in [1.54, 1.807) is 0 Å². The lowest BCUT2D eigenvalue weighted by Crippen LogP contribution is -2.47. The van der Waals surface area contributed by atoms with E-state index in [-0.39, 0.29) is 18.1 Å². The van der Waals surface area contributed by atoms with E-state index < -0.39 is 0 Å². The van der Waals surface area contributed by atoms with Gasteiger partial charge in [-0.15, -0.1) is 0 Å². The zero-order valence-electron chi connectivity index (χ0n) is 11.3. The summed E-state index contributed by atoms with van der Waals surface area (Å²) in [6.07, 6.45) is 4.16. The first kappa shape index (κ1) is 14.5. The highest BCUT2D eigenvalue weighted by Gasteiger charge is 2.26. The molecule has 100 valence electrons. The normalized spacial score (nSPS) is 21.8. The van der Waals surface area contributed by atoms with Gasteiger partial charge in [0.05, 0.1) is 6.54 Å². The minimum Gasteiger partial charge on any atom is -0.396 e. The highest BCUT2D eigenvalue weighted by molar-refractivity contribution is 5.78. The van der Waals surface area contributed by atoms with Crippen LogP contribution in [0, 0.1) is 0 Å². The molecule has 4 nitrogen and oxygen atoms in total. The molecule has 1 amide bonds. The SMILES string of the molecule is CC(C)(C)NC(=O)CN1CCCC1CCCO. The Morgan fingerprint density at radius 3 is 2.76 bits per heavy atom. The summed E-state index contributed by atoms with van der Waals surface area (Å²) in [6.45, 7) is 7.74. The van der Waals surface area contributed by atoms with Crippen molar-refractivity contribution in [1.82, 2.24) is 10.2 Å². The fourth-order valence-electron chi connectivity index (χ4n) is 2.40. The Bertz CT molecular complexity index is 248. The number of amides is 1. The summed E-state index contributed by atoms with van der Waals surface area (Å²) in [7, 11) is 0. The molecule has 4 heteroatoms. The minimum absolute atomic E-state index is 0.105. The lowest BCUT2D eigenvalue weighted by atomic mass is 10.1. The number of aliphatic hydroxyl groups excluding tert-OH is 1. The first-order valence-electron chi connectivity index (χ1n) is 6.58. The highest BCUT2D eigenvalue weighted by atomic mass is 16.3. The van der Waals surface area contributed by atoms with E-state index in [0.717, 1.165) is 25.8 Å². The van der Waals surface area contributed by atoms with Gasteiger partial charge < -0.3 is 10.4 Å². The minimum atomic E-state index is -0.155. The molecule has 1 saturated heterocycles. The molecule has 0 spiro atoms. The highest BCUT2D eigenvalue weighted by Crippen LogP contribution is 2.20. The second-order valence-electron chi connectivity index (χ2n) is 5.93. The molecule has 0 aliphatic carbocycles. The van der Waals surface area contributed by atoms with Crippen molar-refractivity contribution in [3.05, 3.63) is 0 Å². The Morgan fingerprint density at radius 2 is 2.18 bits per heavy atom. The van der Waals surface area contributed by atoms with E-state index in [9.17, 15) is 4.79 Å². The Labute approximate surface area is 104 Å². The summed E-state index contributed by atoms with van der Waals surface area (Å²) in [5.74, 6) is 0.105. The fourth-order valence-corrected chi connectivity index (χ4v) is 2.40. The lowest BCUT2D eigenvalue weighted by Gasteiger charge is -2.26. The standard InChI is InChI=1S/C13H26N2O2/c1-13(2,3)14-12(17)10-15-8-4-6-11(15)7-5-9-16/h11,16H,4-10H2,1-3H3,(H,14,17). The van der Waals surface area contributed by atoms with Crippen LogP contribution in [-0.4, -0.2) is 47.2 Å². The lowest BCUT2D eigenvalue weighted by molar-refractivity contribution is -0.123. The molecule has 0 aromatic rings. The largest absolute Gasteiger partial charge is 0.396 e. The third-order valence-electron chi connectivity index (χ3n) is 3.06. The third kappa shape index (κ3) is 5.50. The monoisotopic (exact) mass is 242 g/mol. The molecule has 1 rings (SSSR count). The predicted octanol–water partition coefficient (Wildman–Crippen LogP) is 1.14. The second kappa shape index (κ2) is 6.36. The van der Waals surface area contributed by atoms with Gasteiger partial charge in [-0.05, 0) is 53.0 Å². The molecule has 2 N–H and O–H groups in total. The summed E-state index contributed by atoms with van der Waals surface area (Å²) >= 11 is 0. The average molecular weight is 242 g/mol. The van der Waals surface area contributed by atoms with Crippen molar-refractivity contribution < 1.29 is 9.90 Å². The Morgan fingerprint density at radius 1 is 1.47 bits per heavy atom. The number of rotatable bonds is 5. The molecule has 0 aromatic heterocycles. The summed E-state index contributed by atoms with van der Waals surface area (Å²) in [6, 6.07) is 0.480. The summed E-state index contributed by atoms with van der Waals surface area (Å²) in [5, 5.41) is 11.8. The second-order valence-corrected chi connectivity index (χ2v) is 5.93. The van der Waals surface area contributed by atoms with Crippen LogP contribution in [0.3, 0.4) is 0 Å². The van der Waals surface area contributed by atoms with Gasteiger partial charge in [-0.25, -0.2) is 0 Å². The zero-order chi connectivity index (χ0) is 12.9. The van der Waals surface area contributed by atoms with Crippen molar-refractivity contribution in [3.63, 3.8) is 0 Å². The summed E-state index contributed by atoms with van der Waals surface area (Å²) < 4.78 is 0. The topological polar surface area (TPSA) is 52.6 Å². The van der Waals surface area contributed by atoms with Crippen molar-refractivity contribution in [1.29, 1.82) is 0 Å². The van der Waals surface area contributed by atoms with Gasteiger partial charge in [0.25, 0.3) is 0 Å². The van der Waals surface area contributed by atoms with Crippen molar-refractivity contribution >= 4 is 5.91 Å². The molecule has 1 aliphatic heterocycles. The average Bonchev–Trinajstić information content (AvgIpc) is 2.59. The Balaban J connectivity index is 2.36. The first-order chi connectivity index (χ1) is 7.92. The van der Waals surface area contributed by atoms with Gasteiger partial charge in [0.1, 0.15) is 0 Å². The van der Waals surface area contributed by atoms with Crippen LogP contribution < -0.4 is 5.32 Å². The van der Waals surface area contributed by atoms with Gasteiger partial charge in [-0.3, -0.25) is 9.69 Å². The van der Waals surface area contributed by atoms with E-state index in [2.05, 4.69) is 10.2 Å². The molecular formula is C13H26N2O2. The summed E-state index contributed by atoms with van der Waals surface area (Å²) in [4.78, 5) is 14.1. The number of hydrogen-bond acceptors (Lipinski definition) is 3. The van der Waals surface area contributed by atoms with E-state index in [1.165, 1.54) is 6.42 Å². The number of likely N-dealkylation sites (tertiary alicyclic amines) is 1. The molecule has 1 fully saturated rings. The number of nitrogens with zero attached hydrogens (tertiary/aromatic N) is 1. The van der Waals surface area contributed by atoms with Crippen LogP contribution in [0.2, 0.25) is 0 Å². The molecular weight excluding hydrogens is 216 g/mol. The van der Waals surface area contributed by atoms with Crippen LogP contribution in [0.4, 0.5) is 0 Å². The molecule has 17 heavy (non-hydrogen) atoms. The van der Waals surface area contributed by atoms with Gasteiger partial charge in [-0.1, -0.05) is 0 Å². The van der Waals surface area contributed by atoms with Crippen LogP contribution in [0.15, 0.2) is 0 Å². The molecule has 0 saturated carbocycles. The van der Waals surface area contributed by atoms with E-state index in [1.807, 2.05) is 20.8 Å². The summed E-state index contributed by atoms with van der Waals surface area (Å²) in [5.41, 5.74) is -0.155. The van der Waals surface area contributed by atoms with Crippen molar-refractivity contribution in [3.8, 4) is 0 Å². The Hall–Kier alpha value is -0.610. The maximum absolute atomic E-state index is 11.8. The van der Waals surface area contributed by atoms with Crippen molar-refractivity contribution in [2.75, 3.05) is 19.7 Å². The van der Waals surface area contributed by atoms with Gasteiger partial charge >= 0.3 is 0 Å². The van der Waals surface area contributed by atoms with Crippen LogP contribution in [0.1, 0.15) is 46.5 Å². The van der Waals surface area contributed by atoms with Gasteiger partial charge in [0.2, 0.25) is 5.91 Å². The molecule has 0 aromatic carbocycles. The fraction of sp³-hybridized carbons (Fsp3) is 0.923. The van der Waals surface area contributed by atoms with Crippen molar-refractivity contribution in [2.24, 2.45) is 0 Å². The number of carbonyl (C=O) groups excluding carboxylic acids is 1. The maximum atomic E-state index is 11.8. The van der Waals surface area contributed by atoms with Crippen LogP contribution in [0.25, 0.3) is 0 Å². The van der Waals surface area contributed by atoms with Gasteiger partial charge in [0, 0.05) is 18.2 Å². The van der Waals surface area contributed by atoms with Gasteiger partial charge in [-0.2, -0.15) is 0 Å². The number of nitrogens with one attached hydrogen (secondary N) is 1. The van der Waals surface area contributed by atoms with E-state index in [4.69, 9.17) is 5.11 Å². The van der Waals surface area contributed by atoms with Crippen LogP contribution in [-0.2, 0) is 4.79 Å². The molecule has 1 heterocycles. The number of carbonyl (C=O) groups is 1. The smallest absolute Gasteiger partial charge is 0.234 e.